The Balaban J connectivity index is 1.67. The predicted molar refractivity (Wildman–Crippen MR) is 127 cm³/mol. The molecule has 0 atom stereocenters. The van der Waals surface area contributed by atoms with Gasteiger partial charge in [0, 0.05) is 6.07 Å². The van der Waals surface area contributed by atoms with Gasteiger partial charge in [0.2, 0.25) is 5.75 Å². The van der Waals surface area contributed by atoms with E-state index in [1.165, 1.54) is 42.5 Å². The molecule has 3 aromatic carbocycles. The lowest BCUT2D eigenvalue weighted by molar-refractivity contribution is -0.394. The Kier molecular flexibility index (Phi) is 6.44. The Morgan fingerprint density at radius 1 is 0.917 bits per heavy atom. The van der Waals surface area contributed by atoms with Crippen molar-refractivity contribution in [3.8, 4) is 11.5 Å². The van der Waals surface area contributed by atoms with Gasteiger partial charge in [-0.2, -0.15) is 0 Å². The maximum Gasteiger partial charge on any atom is 0.335 e. The van der Waals surface area contributed by atoms with Crippen molar-refractivity contribution in [2.75, 3.05) is 4.90 Å². The third kappa shape index (κ3) is 4.74. The molecule has 0 spiro atoms. The van der Waals surface area contributed by atoms with Crippen molar-refractivity contribution >= 4 is 52.6 Å². The lowest BCUT2D eigenvalue weighted by Gasteiger charge is -2.27. The molecule has 0 unspecified atom stereocenters. The maximum absolute atomic E-state index is 13.0. The second-order valence-corrected chi connectivity index (χ2v) is 7.66. The van der Waals surface area contributed by atoms with Gasteiger partial charge in [0.1, 0.15) is 11.3 Å². The van der Waals surface area contributed by atoms with E-state index in [4.69, 9.17) is 16.3 Å². The molecule has 0 aliphatic carbocycles. The number of carbonyl (C=O) groups excluding carboxylic acids is 3. The number of nitro groups is 2. The quantitative estimate of drug-likeness (QED) is 0.218. The van der Waals surface area contributed by atoms with Crippen LogP contribution in [-0.2, 0) is 9.59 Å². The number of halogens is 1. The molecule has 1 N–H and O–H groups in total. The standard InChI is InChI=1S/C23H13ClN4O8/c24-17-6-1-2-7-18(17)26-22(30)16(21(29)25-23(26)31)11-13-4-3-5-15(10-13)36-20-9-8-14(27(32)33)12-19(20)28(34)35/h1-12H,(H,25,29,31)/b16-11-. The van der Waals surface area contributed by atoms with Crippen molar-refractivity contribution in [2.45, 2.75) is 0 Å². The summed E-state index contributed by atoms with van der Waals surface area (Å²) in [6, 6.07) is 13.9. The highest BCUT2D eigenvalue weighted by molar-refractivity contribution is 6.42. The number of nitrogens with one attached hydrogen (secondary N) is 1. The molecule has 1 aliphatic heterocycles. The number of barbiturate groups is 1. The molecule has 1 aliphatic rings. The molecule has 36 heavy (non-hydrogen) atoms. The molecule has 1 fully saturated rings. The summed E-state index contributed by atoms with van der Waals surface area (Å²) in [5.41, 5.74) is -1.09. The van der Waals surface area contributed by atoms with Crippen molar-refractivity contribution in [2.24, 2.45) is 0 Å². The van der Waals surface area contributed by atoms with Crippen molar-refractivity contribution in [3.05, 3.63) is 103 Å². The molecular formula is C23H13ClN4O8. The first-order valence-corrected chi connectivity index (χ1v) is 10.4. The molecule has 180 valence electrons. The van der Waals surface area contributed by atoms with E-state index in [9.17, 15) is 34.6 Å². The van der Waals surface area contributed by atoms with Crippen LogP contribution in [0.5, 0.6) is 11.5 Å². The Hall–Kier alpha value is -5.10. The van der Waals surface area contributed by atoms with Gasteiger partial charge < -0.3 is 4.74 Å². The number of non-ortho nitro benzene ring substituents is 1. The van der Waals surface area contributed by atoms with Crippen LogP contribution in [0.25, 0.3) is 6.08 Å². The number of hydrogen-bond acceptors (Lipinski definition) is 8. The molecule has 0 radical (unpaired) electrons. The summed E-state index contributed by atoms with van der Waals surface area (Å²) in [6.07, 6.45) is 1.21. The van der Waals surface area contributed by atoms with E-state index in [0.29, 0.717) is 5.56 Å². The summed E-state index contributed by atoms with van der Waals surface area (Å²) in [4.78, 5) is 59.2. The molecule has 0 aromatic heterocycles. The number of nitrogens with zero attached hydrogens (tertiary/aromatic N) is 3. The van der Waals surface area contributed by atoms with Gasteiger partial charge in [-0.25, -0.2) is 9.69 Å². The van der Waals surface area contributed by atoms with E-state index in [1.54, 1.807) is 12.1 Å². The fourth-order valence-corrected chi connectivity index (χ4v) is 3.54. The van der Waals surface area contributed by atoms with Gasteiger partial charge >= 0.3 is 11.7 Å². The topological polar surface area (TPSA) is 162 Å². The van der Waals surface area contributed by atoms with Crippen LogP contribution in [0.4, 0.5) is 21.9 Å². The van der Waals surface area contributed by atoms with Crippen molar-refractivity contribution in [3.63, 3.8) is 0 Å². The van der Waals surface area contributed by atoms with E-state index in [2.05, 4.69) is 5.32 Å². The number of ether oxygens (including phenoxy) is 1. The van der Waals surface area contributed by atoms with Crippen LogP contribution in [0.15, 0.2) is 72.3 Å². The second kappa shape index (κ2) is 9.64. The van der Waals surface area contributed by atoms with Crippen LogP contribution < -0.4 is 15.0 Å². The second-order valence-electron chi connectivity index (χ2n) is 7.25. The fraction of sp³-hybridized carbons (Fsp3) is 0. The zero-order valence-electron chi connectivity index (χ0n) is 17.9. The van der Waals surface area contributed by atoms with Gasteiger partial charge in [-0.3, -0.25) is 35.1 Å². The van der Waals surface area contributed by atoms with Crippen LogP contribution in [0.2, 0.25) is 5.02 Å². The first-order chi connectivity index (χ1) is 17.2. The number of rotatable bonds is 6. The third-order valence-electron chi connectivity index (χ3n) is 4.94. The molecule has 13 heteroatoms. The minimum Gasteiger partial charge on any atom is -0.450 e. The van der Waals surface area contributed by atoms with Gasteiger partial charge in [-0.15, -0.1) is 0 Å². The van der Waals surface area contributed by atoms with Gasteiger partial charge in [0.25, 0.3) is 17.5 Å². The number of hydrogen-bond donors (Lipinski definition) is 1. The number of imide groups is 2. The van der Waals surface area contributed by atoms with E-state index in [1.807, 2.05) is 0 Å². The van der Waals surface area contributed by atoms with Gasteiger partial charge in [-0.05, 0) is 42.0 Å². The van der Waals surface area contributed by atoms with E-state index in [0.717, 1.165) is 23.1 Å². The lowest BCUT2D eigenvalue weighted by Crippen LogP contribution is -2.54. The molecule has 1 saturated heterocycles. The molecule has 1 heterocycles. The van der Waals surface area contributed by atoms with Crippen molar-refractivity contribution < 1.29 is 29.0 Å². The number of nitro benzene ring substituents is 2. The molecule has 4 amide bonds. The predicted octanol–water partition coefficient (Wildman–Crippen LogP) is 4.62. The van der Waals surface area contributed by atoms with Crippen molar-refractivity contribution in [1.29, 1.82) is 0 Å². The Morgan fingerprint density at radius 3 is 2.36 bits per heavy atom. The number of para-hydroxylation sites is 1. The van der Waals surface area contributed by atoms with Crippen LogP contribution >= 0.6 is 11.6 Å². The zero-order valence-corrected chi connectivity index (χ0v) is 18.7. The van der Waals surface area contributed by atoms with Gasteiger partial charge in [0.15, 0.2) is 0 Å². The maximum atomic E-state index is 13.0. The van der Waals surface area contributed by atoms with Crippen molar-refractivity contribution in [1.82, 2.24) is 5.32 Å². The molecular weight excluding hydrogens is 496 g/mol. The Bertz CT molecular complexity index is 1490. The Labute approximate surface area is 206 Å². The van der Waals surface area contributed by atoms with Crippen LogP contribution in [0.3, 0.4) is 0 Å². The highest BCUT2D eigenvalue weighted by atomic mass is 35.5. The SMILES string of the molecule is O=C1NC(=O)N(c2ccccc2Cl)C(=O)/C1=C\c1cccc(Oc2ccc([N+](=O)[O-])cc2[N+](=O)[O-])c1. The van der Waals surface area contributed by atoms with Crippen LogP contribution in [0.1, 0.15) is 5.56 Å². The van der Waals surface area contributed by atoms with Crippen LogP contribution in [0, 0.1) is 20.2 Å². The minimum atomic E-state index is -0.960. The third-order valence-corrected chi connectivity index (χ3v) is 5.26. The summed E-state index contributed by atoms with van der Waals surface area (Å²) >= 11 is 6.11. The molecule has 12 nitrogen and oxygen atoms in total. The average Bonchev–Trinajstić information content (AvgIpc) is 2.83. The van der Waals surface area contributed by atoms with E-state index in [-0.39, 0.29) is 27.8 Å². The molecule has 0 saturated carbocycles. The average molecular weight is 509 g/mol. The number of benzene rings is 3. The highest BCUT2D eigenvalue weighted by Gasteiger charge is 2.37. The zero-order chi connectivity index (χ0) is 26.0. The monoisotopic (exact) mass is 508 g/mol. The van der Waals surface area contributed by atoms with Gasteiger partial charge in [-0.1, -0.05) is 35.9 Å². The fourth-order valence-electron chi connectivity index (χ4n) is 3.32. The summed E-state index contributed by atoms with van der Waals surface area (Å²) in [5, 5.41) is 24.5. The number of amides is 4. The largest absolute Gasteiger partial charge is 0.450 e. The first-order valence-electron chi connectivity index (χ1n) is 10.0. The van der Waals surface area contributed by atoms with E-state index < -0.39 is 39.1 Å². The summed E-state index contributed by atoms with van der Waals surface area (Å²) < 4.78 is 5.55. The Morgan fingerprint density at radius 2 is 1.67 bits per heavy atom. The summed E-state index contributed by atoms with van der Waals surface area (Å²) in [5.74, 6) is -2.00. The molecule has 4 rings (SSSR count). The number of carbonyl (C=O) groups is 3. The number of urea groups is 1. The minimum absolute atomic E-state index is 0.0858. The van der Waals surface area contributed by atoms with Crippen LogP contribution in [-0.4, -0.2) is 27.7 Å². The first kappa shape index (κ1) is 24.0. The number of anilines is 1. The smallest absolute Gasteiger partial charge is 0.335 e. The highest BCUT2D eigenvalue weighted by Crippen LogP contribution is 2.35. The normalized spacial score (nSPS) is 14.5. The molecule has 0 bridgehead atoms. The van der Waals surface area contributed by atoms with Gasteiger partial charge in [0.05, 0.1) is 26.6 Å². The molecule has 3 aromatic rings. The van der Waals surface area contributed by atoms with E-state index >= 15 is 0 Å². The lowest BCUT2D eigenvalue weighted by atomic mass is 10.1. The summed E-state index contributed by atoms with van der Waals surface area (Å²) in [6.45, 7) is 0. The summed E-state index contributed by atoms with van der Waals surface area (Å²) in [7, 11) is 0.